The molecule has 1 fully saturated rings. The van der Waals surface area contributed by atoms with Crippen molar-refractivity contribution in [2.75, 3.05) is 31.6 Å². The number of halogens is 3. The van der Waals surface area contributed by atoms with Gasteiger partial charge in [-0.15, -0.1) is 0 Å². The fraction of sp³-hybridized carbons (Fsp3) is 0.529. The summed E-state index contributed by atoms with van der Waals surface area (Å²) in [6.45, 7) is -0.859. The summed E-state index contributed by atoms with van der Waals surface area (Å²) < 4.78 is 40.4. The third kappa shape index (κ3) is 6.74. The van der Waals surface area contributed by atoms with Crippen molar-refractivity contribution in [1.29, 1.82) is 0 Å². The van der Waals surface area contributed by atoms with Gasteiger partial charge in [-0.05, 0) is 25.0 Å². The third-order valence-corrected chi connectivity index (χ3v) is 3.91. The van der Waals surface area contributed by atoms with Gasteiger partial charge in [-0.2, -0.15) is 13.2 Å². The van der Waals surface area contributed by atoms with Gasteiger partial charge in [-0.1, -0.05) is 18.2 Å². The lowest BCUT2D eigenvalue weighted by Crippen LogP contribution is -2.44. The van der Waals surface area contributed by atoms with E-state index in [0.29, 0.717) is 25.1 Å². The maximum Gasteiger partial charge on any atom is 0.411 e. The molecule has 1 N–H and O–H groups in total. The number of nitrogens with zero attached hydrogens (tertiary/aromatic N) is 1. The van der Waals surface area contributed by atoms with Gasteiger partial charge in [0.25, 0.3) is 0 Å². The van der Waals surface area contributed by atoms with Crippen molar-refractivity contribution in [3.63, 3.8) is 0 Å². The first kappa shape index (κ1) is 19.2. The summed E-state index contributed by atoms with van der Waals surface area (Å²) in [5, 5.41) is 2.81. The Balaban J connectivity index is 1.77. The molecule has 0 bridgehead atoms. The molecule has 1 unspecified atom stereocenters. The van der Waals surface area contributed by atoms with Gasteiger partial charge < -0.3 is 15.0 Å². The first-order chi connectivity index (χ1) is 11.8. The highest BCUT2D eigenvalue weighted by molar-refractivity contribution is 5.93. The molecule has 1 heterocycles. The van der Waals surface area contributed by atoms with Crippen molar-refractivity contribution in [2.45, 2.75) is 25.4 Å². The van der Waals surface area contributed by atoms with E-state index < -0.39 is 12.8 Å². The molecular formula is C17H21F3N2O3. The number of alkyl halides is 3. The lowest BCUT2D eigenvalue weighted by atomic mass is 9.96. The third-order valence-electron chi connectivity index (χ3n) is 3.91. The van der Waals surface area contributed by atoms with Gasteiger partial charge in [-0.25, -0.2) is 0 Å². The standard InChI is InChI=1S/C17H21F3N2O3/c18-17(19,20)12-25-10-8-15(23)22-9-4-5-13(11-22)16(24)21-14-6-2-1-3-7-14/h1-3,6-7,13H,4-5,8-12H2,(H,21,24). The zero-order valence-corrected chi connectivity index (χ0v) is 13.7. The second kappa shape index (κ2) is 8.84. The number of piperidine rings is 1. The summed E-state index contributed by atoms with van der Waals surface area (Å²) in [6.07, 6.45) is -3.16. The fourth-order valence-corrected chi connectivity index (χ4v) is 2.69. The number of hydrogen-bond acceptors (Lipinski definition) is 3. The molecule has 1 saturated heterocycles. The van der Waals surface area contributed by atoms with E-state index in [9.17, 15) is 22.8 Å². The molecular weight excluding hydrogens is 337 g/mol. The molecule has 8 heteroatoms. The number of nitrogens with one attached hydrogen (secondary N) is 1. The Morgan fingerprint density at radius 2 is 1.96 bits per heavy atom. The van der Waals surface area contributed by atoms with E-state index in [2.05, 4.69) is 10.1 Å². The number of benzene rings is 1. The normalized spacial score (nSPS) is 18.0. The number of rotatable bonds is 6. The van der Waals surface area contributed by atoms with Gasteiger partial charge >= 0.3 is 6.18 Å². The minimum absolute atomic E-state index is 0.122. The summed E-state index contributed by atoms with van der Waals surface area (Å²) in [5.41, 5.74) is 0.691. The Morgan fingerprint density at radius 1 is 1.24 bits per heavy atom. The highest BCUT2D eigenvalue weighted by atomic mass is 19.4. The smallest absolute Gasteiger partial charge is 0.372 e. The average Bonchev–Trinajstić information content (AvgIpc) is 2.58. The Hall–Kier alpha value is -2.09. The molecule has 1 aromatic carbocycles. The number of likely N-dealkylation sites (tertiary alicyclic amines) is 1. The van der Waals surface area contributed by atoms with Crippen molar-refractivity contribution >= 4 is 17.5 Å². The van der Waals surface area contributed by atoms with Crippen LogP contribution in [0.4, 0.5) is 18.9 Å². The minimum atomic E-state index is -4.39. The molecule has 0 spiro atoms. The molecule has 0 aromatic heterocycles. The van der Waals surface area contributed by atoms with Crippen LogP contribution < -0.4 is 5.32 Å². The minimum Gasteiger partial charge on any atom is -0.372 e. The quantitative estimate of drug-likeness (QED) is 0.796. The molecule has 2 rings (SSSR count). The highest BCUT2D eigenvalue weighted by Crippen LogP contribution is 2.20. The van der Waals surface area contributed by atoms with Gasteiger partial charge in [0.1, 0.15) is 6.61 Å². The van der Waals surface area contributed by atoms with E-state index in [1.165, 1.54) is 4.90 Å². The van der Waals surface area contributed by atoms with E-state index in [-0.39, 0.29) is 37.3 Å². The van der Waals surface area contributed by atoms with E-state index in [0.717, 1.165) is 0 Å². The van der Waals surface area contributed by atoms with Crippen LogP contribution in [0.1, 0.15) is 19.3 Å². The van der Waals surface area contributed by atoms with Gasteiger partial charge in [-0.3, -0.25) is 9.59 Å². The number of ether oxygens (including phenoxy) is 1. The number of anilines is 1. The molecule has 138 valence electrons. The number of carbonyl (C=O) groups is 2. The largest absolute Gasteiger partial charge is 0.411 e. The lowest BCUT2D eigenvalue weighted by Gasteiger charge is -2.32. The van der Waals surface area contributed by atoms with Crippen molar-refractivity contribution in [3.8, 4) is 0 Å². The number of para-hydroxylation sites is 1. The Morgan fingerprint density at radius 3 is 2.64 bits per heavy atom. The Kier molecular flexibility index (Phi) is 6.81. The van der Waals surface area contributed by atoms with Crippen molar-refractivity contribution in [2.24, 2.45) is 5.92 Å². The van der Waals surface area contributed by atoms with Gasteiger partial charge in [0.05, 0.1) is 18.9 Å². The van der Waals surface area contributed by atoms with Crippen LogP contribution in [0.3, 0.4) is 0 Å². The van der Waals surface area contributed by atoms with Crippen LogP contribution in [0, 0.1) is 5.92 Å². The maximum atomic E-state index is 12.3. The number of hydrogen-bond donors (Lipinski definition) is 1. The fourth-order valence-electron chi connectivity index (χ4n) is 2.69. The maximum absolute atomic E-state index is 12.3. The van der Waals surface area contributed by atoms with Gasteiger partial charge in [0.2, 0.25) is 11.8 Å². The molecule has 1 atom stereocenters. The van der Waals surface area contributed by atoms with E-state index in [1.54, 1.807) is 12.1 Å². The Bertz CT molecular complexity index is 578. The molecule has 25 heavy (non-hydrogen) atoms. The van der Waals surface area contributed by atoms with Crippen molar-refractivity contribution < 1.29 is 27.5 Å². The molecule has 0 saturated carbocycles. The second-order valence-electron chi connectivity index (χ2n) is 5.95. The van der Waals surface area contributed by atoms with E-state index in [1.807, 2.05) is 18.2 Å². The predicted molar refractivity (Wildman–Crippen MR) is 85.9 cm³/mol. The SMILES string of the molecule is O=C(Nc1ccccc1)C1CCCN(C(=O)CCOCC(F)(F)F)C1. The van der Waals surface area contributed by atoms with E-state index in [4.69, 9.17) is 0 Å². The summed E-state index contributed by atoms with van der Waals surface area (Å²) in [6, 6.07) is 9.03. The zero-order valence-electron chi connectivity index (χ0n) is 13.7. The molecule has 2 amide bonds. The van der Waals surface area contributed by atoms with Crippen LogP contribution in [-0.2, 0) is 14.3 Å². The van der Waals surface area contributed by atoms with Crippen LogP contribution in [-0.4, -0.2) is 49.2 Å². The summed E-state index contributed by atoms with van der Waals surface area (Å²) in [7, 11) is 0. The van der Waals surface area contributed by atoms with Gasteiger partial charge in [0, 0.05) is 18.8 Å². The first-order valence-corrected chi connectivity index (χ1v) is 8.13. The number of amides is 2. The molecule has 1 aliphatic rings. The zero-order chi connectivity index (χ0) is 18.3. The molecule has 1 aromatic rings. The molecule has 0 aliphatic carbocycles. The number of carbonyl (C=O) groups excluding carboxylic acids is 2. The van der Waals surface area contributed by atoms with Crippen LogP contribution in [0.15, 0.2) is 30.3 Å². The van der Waals surface area contributed by atoms with Gasteiger partial charge in [0.15, 0.2) is 0 Å². The molecule has 5 nitrogen and oxygen atoms in total. The van der Waals surface area contributed by atoms with Crippen LogP contribution in [0.25, 0.3) is 0 Å². The predicted octanol–water partition coefficient (Wildman–Crippen LogP) is 2.83. The topological polar surface area (TPSA) is 58.6 Å². The van der Waals surface area contributed by atoms with E-state index >= 15 is 0 Å². The Labute approximate surface area is 144 Å². The average molecular weight is 358 g/mol. The lowest BCUT2D eigenvalue weighted by molar-refractivity contribution is -0.175. The summed E-state index contributed by atoms with van der Waals surface area (Å²) >= 11 is 0. The summed E-state index contributed by atoms with van der Waals surface area (Å²) in [5.74, 6) is -0.773. The monoisotopic (exact) mass is 358 g/mol. The van der Waals surface area contributed by atoms with Crippen molar-refractivity contribution in [3.05, 3.63) is 30.3 Å². The second-order valence-corrected chi connectivity index (χ2v) is 5.95. The van der Waals surface area contributed by atoms with Crippen LogP contribution in [0.2, 0.25) is 0 Å². The van der Waals surface area contributed by atoms with Crippen molar-refractivity contribution in [1.82, 2.24) is 4.90 Å². The van der Waals surface area contributed by atoms with Crippen LogP contribution >= 0.6 is 0 Å². The highest BCUT2D eigenvalue weighted by Gasteiger charge is 2.29. The molecule has 1 aliphatic heterocycles. The van der Waals surface area contributed by atoms with Crippen LogP contribution in [0.5, 0.6) is 0 Å². The molecule has 0 radical (unpaired) electrons. The first-order valence-electron chi connectivity index (χ1n) is 8.13. The summed E-state index contributed by atoms with van der Waals surface area (Å²) in [4.78, 5) is 25.9.